The molecule has 0 saturated heterocycles. The lowest BCUT2D eigenvalue weighted by Gasteiger charge is -1.89. The van der Waals surface area contributed by atoms with Crippen LogP contribution in [0.4, 0.5) is 0 Å². The van der Waals surface area contributed by atoms with E-state index in [1.165, 1.54) is 6.08 Å². The van der Waals surface area contributed by atoms with E-state index in [0.717, 1.165) is 11.8 Å². The number of benzene rings is 1. The molecule has 0 N–H and O–H groups in total. The summed E-state index contributed by atoms with van der Waals surface area (Å²) in [5.41, 5.74) is 0.727. The van der Waals surface area contributed by atoms with Gasteiger partial charge in [0.05, 0.1) is 11.0 Å². The highest BCUT2D eigenvalue weighted by atomic mass is 35.5. The molecule has 0 unspecified atom stereocenters. The molecule has 0 aromatic heterocycles. The van der Waals surface area contributed by atoms with Crippen molar-refractivity contribution in [3.8, 4) is 11.8 Å². The molecule has 0 aliphatic heterocycles. The van der Waals surface area contributed by atoms with Gasteiger partial charge in [-0.3, -0.25) is 10.1 Å². The van der Waals surface area contributed by atoms with Gasteiger partial charge in [0.2, 0.25) is 6.20 Å². The molecule has 1 aromatic carbocycles. The summed E-state index contributed by atoms with van der Waals surface area (Å²) in [6, 6.07) is 6.97. The third kappa shape index (κ3) is 3.74. The molecule has 0 fully saturated rings. The second kappa shape index (κ2) is 5.05. The van der Waals surface area contributed by atoms with Gasteiger partial charge in [-0.05, 0) is 18.2 Å². The van der Waals surface area contributed by atoms with E-state index in [2.05, 4.69) is 11.8 Å². The first-order valence-corrected chi connectivity index (χ1v) is 4.13. The van der Waals surface area contributed by atoms with Crippen LogP contribution in [0.2, 0.25) is 5.02 Å². The van der Waals surface area contributed by atoms with E-state index < -0.39 is 4.92 Å². The number of nitrogens with zero attached hydrogens (tertiary/aromatic N) is 1. The predicted octanol–water partition coefficient (Wildman–Crippen LogP) is 2.48. The van der Waals surface area contributed by atoms with Crippen molar-refractivity contribution in [2.75, 3.05) is 0 Å². The molecule has 0 radical (unpaired) electrons. The first-order chi connectivity index (χ1) is 6.68. The Morgan fingerprint density at radius 2 is 2.29 bits per heavy atom. The molecule has 0 amide bonds. The number of nitro groups is 1. The van der Waals surface area contributed by atoms with Gasteiger partial charge in [-0.25, -0.2) is 0 Å². The number of hydrogen-bond acceptors (Lipinski definition) is 2. The largest absolute Gasteiger partial charge is 0.259 e. The standard InChI is InChI=1S/C10H6ClNO2/c11-10-6-3-5-9(8-10)4-1-2-7-12(13)14/h2-3,5-8H/b7-2+. The Balaban J connectivity index is 2.73. The smallest absolute Gasteiger partial charge is 0.242 e. The summed E-state index contributed by atoms with van der Waals surface area (Å²) in [5.74, 6) is 5.24. The third-order valence-corrected chi connectivity index (χ3v) is 1.56. The van der Waals surface area contributed by atoms with Crippen molar-refractivity contribution < 1.29 is 4.92 Å². The van der Waals surface area contributed by atoms with E-state index >= 15 is 0 Å². The topological polar surface area (TPSA) is 43.1 Å². The van der Waals surface area contributed by atoms with E-state index in [9.17, 15) is 10.1 Å². The van der Waals surface area contributed by atoms with E-state index in [0.29, 0.717) is 5.02 Å². The maximum absolute atomic E-state index is 9.89. The first-order valence-electron chi connectivity index (χ1n) is 3.76. The molecule has 0 saturated carbocycles. The molecule has 1 rings (SSSR count). The van der Waals surface area contributed by atoms with E-state index in [1.54, 1.807) is 24.3 Å². The van der Waals surface area contributed by atoms with Crippen molar-refractivity contribution in [3.63, 3.8) is 0 Å². The second-order valence-electron chi connectivity index (χ2n) is 2.38. The summed E-state index contributed by atoms with van der Waals surface area (Å²) in [5, 5.41) is 10.5. The van der Waals surface area contributed by atoms with Crippen LogP contribution in [-0.2, 0) is 0 Å². The minimum Gasteiger partial charge on any atom is -0.259 e. The zero-order valence-electron chi connectivity index (χ0n) is 7.11. The molecule has 0 heterocycles. The maximum Gasteiger partial charge on any atom is 0.242 e. The fourth-order valence-electron chi connectivity index (χ4n) is 0.789. The molecular formula is C10H6ClNO2. The van der Waals surface area contributed by atoms with Crippen LogP contribution in [0.5, 0.6) is 0 Å². The highest BCUT2D eigenvalue weighted by Crippen LogP contribution is 2.09. The van der Waals surface area contributed by atoms with Crippen LogP contribution in [-0.4, -0.2) is 4.92 Å². The minimum atomic E-state index is -0.563. The highest BCUT2D eigenvalue weighted by molar-refractivity contribution is 6.30. The Kier molecular flexibility index (Phi) is 3.71. The Labute approximate surface area is 86.2 Å². The lowest BCUT2D eigenvalue weighted by molar-refractivity contribution is -0.402. The van der Waals surface area contributed by atoms with Crippen LogP contribution in [0.3, 0.4) is 0 Å². The van der Waals surface area contributed by atoms with Crippen molar-refractivity contribution in [3.05, 3.63) is 57.2 Å². The van der Waals surface area contributed by atoms with E-state index in [-0.39, 0.29) is 0 Å². The lowest BCUT2D eigenvalue weighted by atomic mass is 10.2. The quantitative estimate of drug-likeness (QED) is 0.403. The van der Waals surface area contributed by atoms with Crippen molar-refractivity contribution in [1.29, 1.82) is 0 Å². The van der Waals surface area contributed by atoms with Gasteiger partial charge in [0, 0.05) is 10.6 Å². The number of hydrogen-bond donors (Lipinski definition) is 0. The molecule has 0 spiro atoms. The van der Waals surface area contributed by atoms with Crippen LogP contribution >= 0.6 is 11.6 Å². The average molecular weight is 208 g/mol. The Bertz CT molecular complexity index is 429. The molecule has 0 aliphatic carbocycles. The van der Waals surface area contributed by atoms with Crippen LogP contribution < -0.4 is 0 Å². The van der Waals surface area contributed by atoms with Gasteiger partial charge < -0.3 is 0 Å². The molecular weight excluding hydrogens is 202 g/mol. The van der Waals surface area contributed by atoms with Crippen molar-refractivity contribution >= 4 is 11.6 Å². The summed E-state index contributed by atoms with van der Waals surface area (Å²) in [6.45, 7) is 0. The van der Waals surface area contributed by atoms with Gasteiger partial charge in [0.1, 0.15) is 0 Å². The molecule has 0 bridgehead atoms. The van der Waals surface area contributed by atoms with Crippen molar-refractivity contribution in [2.45, 2.75) is 0 Å². The fraction of sp³-hybridized carbons (Fsp3) is 0. The predicted molar refractivity (Wildman–Crippen MR) is 54.5 cm³/mol. The molecule has 70 valence electrons. The molecule has 14 heavy (non-hydrogen) atoms. The Hall–Kier alpha value is -1.79. The summed E-state index contributed by atoms with van der Waals surface area (Å²) in [6.07, 6.45) is 1.97. The first kappa shape index (κ1) is 10.3. The van der Waals surface area contributed by atoms with Gasteiger partial charge >= 0.3 is 0 Å². The highest BCUT2D eigenvalue weighted by Gasteiger charge is 1.87. The van der Waals surface area contributed by atoms with E-state index in [4.69, 9.17) is 11.6 Å². The third-order valence-electron chi connectivity index (χ3n) is 1.32. The zero-order chi connectivity index (χ0) is 10.4. The zero-order valence-corrected chi connectivity index (χ0v) is 7.86. The van der Waals surface area contributed by atoms with E-state index in [1.807, 2.05) is 0 Å². The minimum absolute atomic E-state index is 0.563. The van der Waals surface area contributed by atoms with Crippen LogP contribution in [0.1, 0.15) is 5.56 Å². The molecule has 1 aromatic rings. The summed E-state index contributed by atoms with van der Waals surface area (Å²) < 4.78 is 0. The summed E-state index contributed by atoms with van der Waals surface area (Å²) in [7, 11) is 0. The Morgan fingerprint density at radius 1 is 1.50 bits per heavy atom. The van der Waals surface area contributed by atoms with Gasteiger partial charge in [0.25, 0.3) is 0 Å². The summed E-state index contributed by atoms with van der Waals surface area (Å²) in [4.78, 5) is 9.33. The Morgan fingerprint density at radius 3 is 2.93 bits per heavy atom. The number of allylic oxidation sites excluding steroid dienone is 1. The fourth-order valence-corrected chi connectivity index (χ4v) is 0.980. The molecule has 3 nitrogen and oxygen atoms in total. The monoisotopic (exact) mass is 207 g/mol. The SMILES string of the molecule is O=[N+]([O-])/C=C/C#Cc1cccc(Cl)c1. The summed E-state index contributed by atoms with van der Waals surface area (Å²) >= 11 is 5.71. The number of halogens is 1. The van der Waals surface area contributed by atoms with Crippen LogP contribution in [0, 0.1) is 22.0 Å². The maximum atomic E-state index is 9.89. The average Bonchev–Trinajstić information content (AvgIpc) is 2.12. The molecule has 0 atom stereocenters. The molecule has 0 aliphatic rings. The lowest BCUT2D eigenvalue weighted by Crippen LogP contribution is -1.80. The van der Waals surface area contributed by atoms with Gasteiger partial charge in [0.15, 0.2) is 0 Å². The number of rotatable bonds is 1. The van der Waals surface area contributed by atoms with Gasteiger partial charge in [-0.15, -0.1) is 0 Å². The van der Waals surface area contributed by atoms with Crippen molar-refractivity contribution in [1.82, 2.24) is 0 Å². The van der Waals surface area contributed by atoms with Gasteiger partial charge in [-0.2, -0.15) is 0 Å². The second-order valence-corrected chi connectivity index (χ2v) is 2.82. The van der Waals surface area contributed by atoms with Crippen LogP contribution in [0.15, 0.2) is 36.5 Å². The molecule has 4 heteroatoms. The van der Waals surface area contributed by atoms with Crippen LogP contribution in [0.25, 0.3) is 0 Å². The van der Waals surface area contributed by atoms with Crippen molar-refractivity contribution in [2.24, 2.45) is 0 Å². The van der Waals surface area contributed by atoms with Gasteiger partial charge in [-0.1, -0.05) is 29.5 Å². The normalized spacial score (nSPS) is 9.50.